The van der Waals surface area contributed by atoms with Crippen molar-refractivity contribution in [1.29, 1.82) is 0 Å². The van der Waals surface area contributed by atoms with Gasteiger partial charge in [-0.2, -0.15) is 0 Å². The van der Waals surface area contributed by atoms with E-state index in [1.54, 1.807) is 6.92 Å². The average Bonchev–Trinajstić information content (AvgIpc) is 2.94. The summed E-state index contributed by atoms with van der Waals surface area (Å²) in [7, 11) is 0. The quantitative estimate of drug-likeness (QED) is 0.781. The van der Waals surface area contributed by atoms with Gasteiger partial charge in [0, 0.05) is 5.39 Å². The first-order chi connectivity index (χ1) is 10.1. The van der Waals surface area contributed by atoms with E-state index in [4.69, 9.17) is 5.11 Å². The Morgan fingerprint density at radius 2 is 2.10 bits per heavy atom. The van der Waals surface area contributed by atoms with E-state index in [1.807, 2.05) is 36.4 Å². The molecule has 0 saturated carbocycles. The fourth-order valence-corrected chi connectivity index (χ4v) is 2.04. The van der Waals surface area contributed by atoms with Crippen LogP contribution >= 0.6 is 0 Å². The second kappa shape index (κ2) is 5.28. The number of nitrogens with zero attached hydrogens (tertiary/aromatic N) is 5. The van der Waals surface area contributed by atoms with Crippen LogP contribution in [0.2, 0.25) is 0 Å². The zero-order valence-corrected chi connectivity index (χ0v) is 11.3. The number of carbonyl (C=O) groups is 1. The van der Waals surface area contributed by atoms with E-state index in [2.05, 4.69) is 20.5 Å². The largest absolute Gasteiger partial charge is 0.481 e. The third-order valence-electron chi connectivity index (χ3n) is 3.23. The Labute approximate surface area is 120 Å². The smallest absolute Gasteiger partial charge is 0.308 e. The summed E-state index contributed by atoms with van der Waals surface area (Å²) in [5.74, 6) is -0.996. The topological polar surface area (TPSA) is 93.8 Å². The molecular weight excluding hydrogens is 270 g/mol. The number of carboxylic acids is 1. The van der Waals surface area contributed by atoms with Gasteiger partial charge in [0.1, 0.15) is 5.69 Å². The summed E-state index contributed by atoms with van der Waals surface area (Å²) in [4.78, 5) is 15.5. The van der Waals surface area contributed by atoms with Crippen LogP contribution in [0, 0.1) is 5.92 Å². The maximum absolute atomic E-state index is 11.0. The molecule has 21 heavy (non-hydrogen) atoms. The van der Waals surface area contributed by atoms with E-state index in [-0.39, 0.29) is 6.54 Å². The number of benzene rings is 1. The SMILES string of the molecule is CC(Cn1nnnc1-c1ccc2ccccc2n1)C(=O)O. The summed E-state index contributed by atoms with van der Waals surface area (Å²) in [6, 6.07) is 11.5. The number of rotatable bonds is 4. The van der Waals surface area contributed by atoms with Crippen molar-refractivity contribution in [3.63, 3.8) is 0 Å². The van der Waals surface area contributed by atoms with Gasteiger partial charge in [-0.3, -0.25) is 4.79 Å². The van der Waals surface area contributed by atoms with Crippen molar-refractivity contribution in [3.05, 3.63) is 36.4 Å². The fourth-order valence-electron chi connectivity index (χ4n) is 2.04. The summed E-state index contributed by atoms with van der Waals surface area (Å²) in [6.45, 7) is 1.81. The standard InChI is InChI=1S/C14H13N5O2/c1-9(14(20)21)8-19-13(16-17-18-19)12-7-6-10-4-2-3-5-11(10)15-12/h2-7,9H,8H2,1H3,(H,20,21). The molecule has 0 bridgehead atoms. The van der Waals surface area contributed by atoms with Gasteiger partial charge < -0.3 is 5.11 Å². The van der Waals surface area contributed by atoms with Gasteiger partial charge >= 0.3 is 5.97 Å². The number of carboxylic acid groups (broad SMARTS) is 1. The molecule has 1 unspecified atom stereocenters. The number of aromatic nitrogens is 5. The first-order valence-corrected chi connectivity index (χ1v) is 6.50. The van der Waals surface area contributed by atoms with Gasteiger partial charge in [0.25, 0.3) is 0 Å². The lowest BCUT2D eigenvalue weighted by atomic mass is 10.2. The summed E-state index contributed by atoms with van der Waals surface area (Å²) >= 11 is 0. The molecule has 106 valence electrons. The summed E-state index contributed by atoms with van der Waals surface area (Å²) in [6.07, 6.45) is 0. The average molecular weight is 283 g/mol. The first-order valence-electron chi connectivity index (χ1n) is 6.50. The van der Waals surface area contributed by atoms with Crippen LogP contribution in [-0.4, -0.2) is 36.3 Å². The summed E-state index contributed by atoms with van der Waals surface area (Å²) in [5.41, 5.74) is 1.46. The number of aliphatic carboxylic acids is 1. The molecule has 0 aliphatic carbocycles. The van der Waals surface area contributed by atoms with Gasteiger partial charge in [0.15, 0.2) is 0 Å². The molecule has 7 heteroatoms. The van der Waals surface area contributed by atoms with E-state index in [9.17, 15) is 4.79 Å². The monoisotopic (exact) mass is 283 g/mol. The molecule has 0 saturated heterocycles. The van der Waals surface area contributed by atoms with E-state index in [0.29, 0.717) is 11.5 Å². The molecule has 0 aliphatic heterocycles. The zero-order chi connectivity index (χ0) is 14.8. The Kier molecular flexibility index (Phi) is 3.31. The molecule has 3 rings (SSSR count). The molecule has 1 N–H and O–H groups in total. The maximum atomic E-state index is 11.0. The third kappa shape index (κ3) is 2.58. The van der Waals surface area contributed by atoms with Crippen molar-refractivity contribution in [2.45, 2.75) is 13.5 Å². The molecule has 7 nitrogen and oxygen atoms in total. The first kappa shape index (κ1) is 13.2. The Bertz CT molecular complexity index is 799. The minimum Gasteiger partial charge on any atom is -0.481 e. The highest BCUT2D eigenvalue weighted by molar-refractivity contribution is 5.80. The lowest BCUT2D eigenvalue weighted by molar-refractivity contribution is -0.141. The Morgan fingerprint density at radius 3 is 2.90 bits per heavy atom. The van der Waals surface area contributed by atoms with Gasteiger partial charge in [0.05, 0.1) is 18.0 Å². The third-order valence-corrected chi connectivity index (χ3v) is 3.23. The fraction of sp³-hybridized carbons (Fsp3) is 0.214. The molecule has 1 atom stereocenters. The van der Waals surface area contributed by atoms with Crippen molar-refractivity contribution in [3.8, 4) is 11.5 Å². The normalized spacial score (nSPS) is 12.4. The maximum Gasteiger partial charge on any atom is 0.308 e. The van der Waals surface area contributed by atoms with Crippen LogP contribution in [0.3, 0.4) is 0 Å². The predicted molar refractivity (Wildman–Crippen MR) is 75.4 cm³/mol. The summed E-state index contributed by atoms with van der Waals surface area (Å²) in [5, 5.41) is 21.4. The molecule has 2 aromatic heterocycles. The number of hydrogen-bond donors (Lipinski definition) is 1. The molecule has 0 spiro atoms. The zero-order valence-electron chi connectivity index (χ0n) is 11.3. The second-order valence-electron chi connectivity index (χ2n) is 4.81. The van der Waals surface area contributed by atoms with Crippen molar-refractivity contribution < 1.29 is 9.90 Å². The molecule has 1 aromatic carbocycles. The Hall–Kier alpha value is -2.83. The Morgan fingerprint density at radius 1 is 1.29 bits per heavy atom. The van der Waals surface area contributed by atoms with Crippen LogP contribution in [0.15, 0.2) is 36.4 Å². The predicted octanol–water partition coefficient (Wildman–Crippen LogP) is 1.61. The summed E-state index contributed by atoms with van der Waals surface area (Å²) < 4.78 is 1.47. The second-order valence-corrected chi connectivity index (χ2v) is 4.81. The molecule has 0 fully saturated rings. The van der Waals surface area contributed by atoms with E-state index >= 15 is 0 Å². The van der Waals surface area contributed by atoms with Crippen molar-refractivity contribution >= 4 is 16.9 Å². The van der Waals surface area contributed by atoms with Gasteiger partial charge in [-0.05, 0) is 22.6 Å². The molecule has 3 aromatic rings. The molecule has 0 aliphatic rings. The van der Waals surface area contributed by atoms with Crippen LogP contribution in [0.25, 0.3) is 22.4 Å². The Balaban J connectivity index is 1.99. The number of tetrazole rings is 1. The van der Waals surface area contributed by atoms with Crippen LogP contribution in [-0.2, 0) is 11.3 Å². The van der Waals surface area contributed by atoms with E-state index in [0.717, 1.165) is 10.9 Å². The highest BCUT2D eigenvalue weighted by Crippen LogP contribution is 2.19. The van der Waals surface area contributed by atoms with E-state index < -0.39 is 11.9 Å². The van der Waals surface area contributed by atoms with Crippen LogP contribution in [0.1, 0.15) is 6.92 Å². The van der Waals surface area contributed by atoms with E-state index in [1.165, 1.54) is 4.68 Å². The molecule has 0 radical (unpaired) electrons. The highest BCUT2D eigenvalue weighted by Gasteiger charge is 2.17. The minimum atomic E-state index is -0.886. The molecule has 0 amide bonds. The number of para-hydroxylation sites is 1. The van der Waals surface area contributed by atoms with Gasteiger partial charge in [-0.25, -0.2) is 9.67 Å². The number of pyridine rings is 1. The van der Waals surface area contributed by atoms with Gasteiger partial charge in [-0.1, -0.05) is 31.2 Å². The van der Waals surface area contributed by atoms with Gasteiger partial charge in [-0.15, -0.1) is 5.10 Å². The number of hydrogen-bond acceptors (Lipinski definition) is 5. The van der Waals surface area contributed by atoms with Crippen molar-refractivity contribution in [1.82, 2.24) is 25.2 Å². The lowest BCUT2D eigenvalue weighted by Gasteiger charge is -2.08. The van der Waals surface area contributed by atoms with Crippen LogP contribution < -0.4 is 0 Å². The number of fused-ring (bicyclic) bond motifs is 1. The van der Waals surface area contributed by atoms with Crippen LogP contribution in [0.4, 0.5) is 0 Å². The lowest BCUT2D eigenvalue weighted by Crippen LogP contribution is -2.18. The molecule has 2 heterocycles. The van der Waals surface area contributed by atoms with Crippen molar-refractivity contribution in [2.24, 2.45) is 5.92 Å². The van der Waals surface area contributed by atoms with Gasteiger partial charge in [0.2, 0.25) is 5.82 Å². The van der Waals surface area contributed by atoms with Crippen molar-refractivity contribution in [2.75, 3.05) is 0 Å². The minimum absolute atomic E-state index is 0.201. The highest BCUT2D eigenvalue weighted by atomic mass is 16.4. The molecular formula is C14H13N5O2. The van der Waals surface area contributed by atoms with Crippen LogP contribution in [0.5, 0.6) is 0 Å².